The fourth-order valence-electron chi connectivity index (χ4n) is 4.50. The minimum Gasteiger partial charge on any atom is -0.298 e. The Morgan fingerprint density at radius 2 is 1.93 bits per heavy atom. The SMILES string of the molecule is CC(=O)C(C)N1C(=O)C2C(=Nc3n(C4CCCCC4)c(C)c[n+]32)N(C)C1=O. The minimum atomic E-state index is -0.792. The van der Waals surface area contributed by atoms with Gasteiger partial charge in [-0.3, -0.25) is 14.5 Å². The Morgan fingerprint density at radius 1 is 1.26 bits per heavy atom. The molecule has 8 nitrogen and oxygen atoms in total. The van der Waals surface area contributed by atoms with Crippen LogP contribution in [0.4, 0.5) is 10.7 Å². The van der Waals surface area contributed by atoms with Gasteiger partial charge in [0.25, 0.3) is 5.91 Å². The lowest BCUT2D eigenvalue weighted by molar-refractivity contribution is -0.677. The number of aryl methyl sites for hydroxylation is 1. The Morgan fingerprint density at radius 3 is 2.56 bits per heavy atom. The molecule has 144 valence electrons. The molecule has 0 N–H and O–H groups in total. The van der Waals surface area contributed by atoms with Crippen LogP contribution in [-0.2, 0) is 9.59 Å². The number of aliphatic imine (C=N–C) groups is 1. The third-order valence-electron chi connectivity index (χ3n) is 6.11. The van der Waals surface area contributed by atoms with E-state index in [0.29, 0.717) is 11.9 Å². The largest absolute Gasteiger partial charge is 0.402 e. The summed E-state index contributed by atoms with van der Waals surface area (Å²) in [5.41, 5.74) is 1.07. The number of carbonyl (C=O) groups is 3. The zero-order valence-electron chi connectivity index (χ0n) is 16.3. The summed E-state index contributed by atoms with van der Waals surface area (Å²) in [5.74, 6) is 0.565. The van der Waals surface area contributed by atoms with E-state index in [9.17, 15) is 14.4 Å². The normalized spacial score (nSPS) is 24.0. The van der Waals surface area contributed by atoms with Crippen LogP contribution in [-0.4, -0.2) is 51.0 Å². The minimum absolute atomic E-state index is 0.218. The average molecular weight is 372 g/mol. The molecule has 0 aromatic carbocycles. The highest BCUT2D eigenvalue weighted by Crippen LogP contribution is 2.36. The number of urea groups is 1. The van der Waals surface area contributed by atoms with Gasteiger partial charge in [0.05, 0.1) is 12.1 Å². The number of rotatable bonds is 3. The summed E-state index contributed by atoms with van der Waals surface area (Å²) in [7, 11) is 1.62. The lowest BCUT2D eigenvalue weighted by Crippen LogP contribution is -2.65. The van der Waals surface area contributed by atoms with Crippen LogP contribution in [0.5, 0.6) is 0 Å². The summed E-state index contributed by atoms with van der Waals surface area (Å²) in [6.45, 7) is 5.02. The van der Waals surface area contributed by atoms with E-state index >= 15 is 0 Å². The van der Waals surface area contributed by atoms with E-state index in [1.165, 1.54) is 31.1 Å². The number of amides is 3. The second kappa shape index (κ2) is 6.28. The summed E-state index contributed by atoms with van der Waals surface area (Å²) < 4.78 is 4.08. The molecule has 1 aromatic heterocycles. The summed E-state index contributed by atoms with van der Waals surface area (Å²) >= 11 is 0. The lowest BCUT2D eigenvalue weighted by atomic mass is 9.95. The molecule has 2 aliphatic heterocycles. The number of imidazole rings is 1. The van der Waals surface area contributed by atoms with Crippen molar-refractivity contribution in [1.82, 2.24) is 14.4 Å². The summed E-state index contributed by atoms with van der Waals surface area (Å²) in [6.07, 6.45) is 7.81. The summed E-state index contributed by atoms with van der Waals surface area (Å²) in [4.78, 5) is 44.9. The summed E-state index contributed by atoms with van der Waals surface area (Å²) in [6, 6.07) is -1.60. The summed E-state index contributed by atoms with van der Waals surface area (Å²) in [5, 5.41) is 0. The highest BCUT2D eigenvalue weighted by Gasteiger charge is 2.55. The molecule has 8 heteroatoms. The first kappa shape index (κ1) is 17.9. The Kier molecular flexibility index (Phi) is 4.16. The Bertz CT molecular complexity index is 865. The molecule has 3 aliphatic rings. The number of Topliss-reactive ketones (excluding diaryl/α,β-unsaturated/α-hetero) is 1. The molecule has 4 rings (SSSR count). The van der Waals surface area contributed by atoms with Crippen molar-refractivity contribution in [1.29, 1.82) is 0 Å². The average Bonchev–Trinajstić information content (AvgIpc) is 3.15. The second-order valence-electron chi connectivity index (χ2n) is 7.85. The Labute approximate surface area is 158 Å². The molecule has 3 heterocycles. The molecule has 0 radical (unpaired) electrons. The highest BCUT2D eigenvalue weighted by molar-refractivity contribution is 6.20. The van der Waals surface area contributed by atoms with Crippen molar-refractivity contribution in [3.05, 3.63) is 11.9 Å². The number of fused-ring (bicyclic) bond motifs is 3. The maximum absolute atomic E-state index is 13.2. The van der Waals surface area contributed by atoms with Crippen molar-refractivity contribution < 1.29 is 19.0 Å². The number of hydrogen-bond donors (Lipinski definition) is 0. The predicted octanol–water partition coefficient (Wildman–Crippen LogP) is 2.05. The first-order valence-corrected chi connectivity index (χ1v) is 9.65. The van der Waals surface area contributed by atoms with Gasteiger partial charge in [-0.15, -0.1) is 0 Å². The van der Waals surface area contributed by atoms with Gasteiger partial charge in [-0.1, -0.05) is 11.4 Å². The van der Waals surface area contributed by atoms with E-state index in [1.54, 1.807) is 14.0 Å². The van der Waals surface area contributed by atoms with E-state index in [0.717, 1.165) is 29.4 Å². The fraction of sp³-hybridized carbons (Fsp3) is 0.632. The van der Waals surface area contributed by atoms with Crippen LogP contribution in [0.15, 0.2) is 11.2 Å². The van der Waals surface area contributed by atoms with Crippen molar-refractivity contribution >= 4 is 29.5 Å². The molecule has 2 atom stereocenters. The van der Waals surface area contributed by atoms with Crippen LogP contribution in [0.25, 0.3) is 0 Å². The van der Waals surface area contributed by atoms with Gasteiger partial charge in [-0.05, 0) is 46.5 Å². The smallest absolute Gasteiger partial charge is 0.298 e. The van der Waals surface area contributed by atoms with Crippen molar-refractivity contribution in [2.24, 2.45) is 4.99 Å². The zero-order chi connectivity index (χ0) is 19.5. The van der Waals surface area contributed by atoms with E-state index in [2.05, 4.69) is 4.57 Å². The van der Waals surface area contributed by atoms with Crippen LogP contribution in [0, 0.1) is 6.92 Å². The van der Waals surface area contributed by atoms with Gasteiger partial charge in [0.2, 0.25) is 11.9 Å². The number of hydrogen-bond acceptors (Lipinski definition) is 4. The van der Waals surface area contributed by atoms with Crippen LogP contribution < -0.4 is 4.57 Å². The molecule has 0 bridgehead atoms. The first-order valence-electron chi connectivity index (χ1n) is 9.65. The molecular weight excluding hydrogens is 346 g/mol. The lowest BCUT2D eigenvalue weighted by Gasteiger charge is -2.35. The van der Waals surface area contributed by atoms with Gasteiger partial charge in [0, 0.05) is 7.05 Å². The Balaban J connectivity index is 1.78. The third kappa shape index (κ3) is 2.53. The molecule has 1 aliphatic carbocycles. The molecule has 27 heavy (non-hydrogen) atoms. The molecule has 2 unspecified atom stereocenters. The van der Waals surface area contributed by atoms with E-state index in [4.69, 9.17) is 4.99 Å². The number of aromatic nitrogens is 2. The van der Waals surface area contributed by atoms with Gasteiger partial charge in [0.15, 0.2) is 5.78 Å². The number of likely N-dealkylation sites (N-methyl/N-ethyl adjacent to an activating group) is 1. The number of amidine groups is 1. The molecule has 1 saturated carbocycles. The van der Waals surface area contributed by atoms with Crippen molar-refractivity contribution in [3.63, 3.8) is 0 Å². The van der Waals surface area contributed by atoms with Crippen LogP contribution >= 0.6 is 0 Å². The maximum Gasteiger partial charge on any atom is 0.402 e. The molecule has 1 aromatic rings. The molecular formula is C19H26N5O3+. The Hall–Kier alpha value is -2.51. The van der Waals surface area contributed by atoms with Gasteiger partial charge in [0.1, 0.15) is 11.9 Å². The van der Waals surface area contributed by atoms with E-state index < -0.39 is 18.1 Å². The van der Waals surface area contributed by atoms with Gasteiger partial charge < -0.3 is 0 Å². The molecule has 2 fully saturated rings. The van der Waals surface area contributed by atoms with Crippen molar-refractivity contribution in [3.8, 4) is 0 Å². The van der Waals surface area contributed by atoms with Crippen LogP contribution in [0.3, 0.4) is 0 Å². The molecule has 1 saturated heterocycles. The van der Waals surface area contributed by atoms with Gasteiger partial charge >= 0.3 is 12.0 Å². The van der Waals surface area contributed by atoms with E-state index in [1.807, 2.05) is 17.7 Å². The van der Waals surface area contributed by atoms with Crippen LogP contribution in [0.2, 0.25) is 0 Å². The quantitative estimate of drug-likeness (QED) is 0.762. The monoisotopic (exact) mass is 372 g/mol. The maximum atomic E-state index is 13.2. The highest BCUT2D eigenvalue weighted by atomic mass is 16.2. The number of nitrogens with zero attached hydrogens (tertiary/aromatic N) is 5. The molecule has 0 spiro atoms. The topological polar surface area (TPSA) is 78.9 Å². The predicted molar refractivity (Wildman–Crippen MR) is 97.8 cm³/mol. The fourth-order valence-corrected chi connectivity index (χ4v) is 4.50. The first-order chi connectivity index (χ1) is 12.8. The molecule has 3 amide bonds. The number of carbonyl (C=O) groups excluding carboxylic acids is 3. The zero-order valence-corrected chi connectivity index (χ0v) is 16.3. The van der Waals surface area contributed by atoms with Gasteiger partial charge in [-0.25, -0.2) is 18.8 Å². The van der Waals surface area contributed by atoms with E-state index in [-0.39, 0.29) is 11.7 Å². The second-order valence-corrected chi connectivity index (χ2v) is 7.85. The number of imide groups is 1. The standard InChI is InChI=1S/C19H26N5O3/c1-11-10-22-15-16(20-18(22)23(11)14-8-6-5-7-9-14)21(4)19(27)24(17(15)26)12(2)13(3)25/h10,12,14-15H,5-9H2,1-4H3/q+1. The third-order valence-corrected chi connectivity index (χ3v) is 6.11. The van der Waals surface area contributed by atoms with Crippen LogP contribution in [0.1, 0.15) is 63.7 Å². The van der Waals surface area contributed by atoms with Crippen molar-refractivity contribution in [2.45, 2.75) is 71.0 Å². The number of ketones is 1. The van der Waals surface area contributed by atoms with Gasteiger partial charge in [-0.2, -0.15) is 0 Å². The van der Waals surface area contributed by atoms with Crippen molar-refractivity contribution in [2.75, 3.05) is 7.05 Å².